The molecule has 0 bridgehead atoms. The summed E-state index contributed by atoms with van der Waals surface area (Å²) in [6.45, 7) is 0.499. The molecule has 120 valence electrons. The van der Waals surface area contributed by atoms with E-state index >= 15 is 0 Å². The molecule has 2 aromatic carbocycles. The SMILES string of the molecule is Fc1ccc(CNc2nc3ccc(-c4nccs4)cc3[nH]2)cc1Cl. The molecule has 0 saturated carbocycles. The molecule has 4 rings (SSSR count). The van der Waals surface area contributed by atoms with E-state index in [4.69, 9.17) is 11.6 Å². The number of aromatic amines is 1. The molecule has 24 heavy (non-hydrogen) atoms. The Morgan fingerprint density at radius 2 is 2.12 bits per heavy atom. The molecule has 0 atom stereocenters. The molecule has 0 spiro atoms. The van der Waals surface area contributed by atoms with Gasteiger partial charge in [0.2, 0.25) is 5.95 Å². The Balaban J connectivity index is 1.55. The molecule has 0 radical (unpaired) electrons. The molecule has 0 unspecified atom stereocenters. The van der Waals surface area contributed by atoms with Crippen LogP contribution in [0.15, 0.2) is 48.0 Å². The number of H-pyrrole nitrogens is 1. The average molecular weight is 359 g/mol. The van der Waals surface area contributed by atoms with E-state index < -0.39 is 5.82 Å². The fraction of sp³-hybridized carbons (Fsp3) is 0.0588. The van der Waals surface area contributed by atoms with Crippen LogP contribution in [0.1, 0.15) is 5.56 Å². The summed E-state index contributed by atoms with van der Waals surface area (Å²) in [7, 11) is 0. The number of aromatic nitrogens is 3. The summed E-state index contributed by atoms with van der Waals surface area (Å²) in [6, 6.07) is 10.7. The van der Waals surface area contributed by atoms with E-state index in [2.05, 4.69) is 20.3 Å². The van der Waals surface area contributed by atoms with Crippen LogP contribution in [0.25, 0.3) is 21.6 Å². The summed E-state index contributed by atoms with van der Waals surface area (Å²) >= 11 is 7.39. The highest BCUT2D eigenvalue weighted by atomic mass is 35.5. The Morgan fingerprint density at radius 3 is 2.92 bits per heavy atom. The van der Waals surface area contributed by atoms with Gasteiger partial charge >= 0.3 is 0 Å². The predicted molar refractivity (Wildman–Crippen MR) is 95.9 cm³/mol. The number of fused-ring (bicyclic) bond motifs is 1. The maximum atomic E-state index is 13.2. The Kier molecular flexibility index (Phi) is 3.92. The van der Waals surface area contributed by atoms with E-state index in [9.17, 15) is 4.39 Å². The number of anilines is 1. The Hall–Kier alpha value is -2.44. The molecule has 0 aliphatic rings. The summed E-state index contributed by atoms with van der Waals surface area (Å²) in [4.78, 5) is 12.1. The van der Waals surface area contributed by atoms with E-state index in [0.29, 0.717) is 12.5 Å². The summed E-state index contributed by atoms with van der Waals surface area (Å²) in [5, 5.41) is 6.23. The Labute approximate surface area is 146 Å². The van der Waals surface area contributed by atoms with Gasteiger partial charge in [-0.2, -0.15) is 0 Å². The van der Waals surface area contributed by atoms with Crippen molar-refractivity contribution in [2.24, 2.45) is 0 Å². The molecule has 4 nitrogen and oxygen atoms in total. The van der Waals surface area contributed by atoms with Crippen LogP contribution >= 0.6 is 22.9 Å². The molecule has 2 aromatic heterocycles. The first-order chi connectivity index (χ1) is 11.7. The summed E-state index contributed by atoms with van der Waals surface area (Å²) in [5.41, 5.74) is 3.74. The highest BCUT2D eigenvalue weighted by molar-refractivity contribution is 7.13. The minimum absolute atomic E-state index is 0.118. The zero-order valence-electron chi connectivity index (χ0n) is 12.4. The van der Waals surface area contributed by atoms with Crippen LogP contribution in [0, 0.1) is 5.82 Å². The third-order valence-corrected chi connectivity index (χ3v) is 4.72. The minimum atomic E-state index is -0.418. The lowest BCUT2D eigenvalue weighted by atomic mass is 10.2. The van der Waals surface area contributed by atoms with Crippen molar-refractivity contribution in [2.75, 3.05) is 5.32 Å². The van der Waals surface area contributed by atoms with Crippen LogP contribution in [0.5, 0.6) is 0 Å². The van der Waals surface area contributed by atoms with Crippen LogP contribution in [0.3, 0.4) is 0 Å². The van der Waals surface area contributed by atoms with Gasteiger partial charge in [0.25, 0.3) is 0 Å². The largest absolute Gasteiger partial charge is 0.352 e. The second kappa shape index (κ2) is 6.22. The number of imidazole rings is 1. The third kappa shape index (κ3) is 2.98. The fourth-order valence-electron chi connectivity index (χ4n) is 2.43. The monoisotopic (exact) mass is 358 g/mol. The average Bonchev–Trinajstić information content (AvgIpc) is 3.24. The Bertz CT molecular complexity index is 997. The molecule has 0 aliphatic carbocycles. The van der Waals surface area contributed by atoms with Gasteiger partial charge in [-0.3, -0.25) is 0 Å². The summed E-state index contributed by atoms with van der Waals surface area (Å²) in [6.07, 6.45) is 1.79. The van der Waals surface area contributed by atoms with Crippen molar-refractivity contribution in [3.05, 3.63) is 64.4 Å². The van der Waals surface area contributed by atoms with Crippen LogP contribution in [0.2, 0.25) is 5.02 Å². The molecule has 2 N–H and O–H groups in total. The molecule has 4 aromatic rings. The van der Waals surface area contributed by atoms with Crippen molar-refractivity contribution in [3.63, 3.8) is 0 Å². The van der Waals surface area contributed by atoms with Gasteiger partial charge in [-0.25, -0.2) is 14.4 Å². The van der Waals surface area contributed by atoms with Gasteiger partial charge in [0, 0.05) is 23.7 Å². The van der Waals surface area contributed by atoms with Gasteiger partial charge in [0.05, 0.1) is 16.1 Å². The van der Waals surface area contributed by atoms with Crippen molar-refractivity contribution in [1.29, 1.82) is 0 Å². The number of hydrogen-bond donors (Lipinski definition) is 2. The van der Waals surface area contributed by atoms with Gasteiger partial charge in [-0.1, -0.05) is 17.7 Å². The van der Waals surface area contributed by atoms with Crippen molar-refractivity contribution < 1.29 is 4.39 Å². The van der Waals surface area contributed by atoms with Crippen LogP contribution in [-0.4, -0.2) is 15.0 Å². The van der Waals surface area contributed by atoms with E-state index in [1.807, 2.05) is 23.6 Å². The normalized spacial score (nSPS) is 11.1. The van der Waals surface area contributed by atoms with Crippen molar-refractivity contribution in [1.82, 2.24) is 15.0 Å². The second-order valence-electron chi connectivity index (χ2n) is 5.26. The van der Waals surface area contributed by atoms with Crippen LogP contribution in [-0.2, 0) is 6.54 Å². The number of hydrogen-bond acceptors (Lipinski definition) is 4. The molecule has 0 fully saturated rings. The molecule has 0 saturated heterocycles. The van der Waals surface area contributed by atoms with Crippen molar-refractivity contribution >= 4 is 39.9 Å². The van der Waals surface area contributed by atoms with Crippen LogP contribution in [0.4, 0.5) is 10.3 Å². The van der Waals surface area contributed by atoms with E-state index in [-0.39, 0.29) is 5.02 Å². The lowest BCUT2D eigenvalue weighted by Gasteiger charge is -2.04. The van der Waals surface area contributed by atoms with E-state index in [0.717, 1.165) is 27.2 Å². The number of halogens is 2. The third-order valence-electron chi connectivity index (χ3n) is 3.61. The molecule has 7 heteroatoms. The second-order valence-corrected chi connectivity index (χ2v) is 6.56. The molecular weight excluding hydrogens is 347 g/mol. The quantitative estimate of drug-likeness (QED) is 0.534. The van der Waals surface area contributed by atoms with Crippen molar-refractivity contribution in [2.45, 2.75) is 6.54 Å². The van der Waals surface area contributed by atoms with Gasteiger partial charge in [0.1, 0.15) is 10.8 Å². The first kappa shape index (κ1) is 15.1. The van der Waals surface area contributed by atoms with Gasteiger partial charge < -0.3 is 10.3 Å². The maximum Gasteiger partial charge on any atom is 0.201 e. The number of nitrogens with one attached hydrogen (secondary N) is 2. The topological polar surface area (TPSA) is 53.6 Å². The standard InChI is InChI=1S/C17H12ClFN4S/c18-12-7-10(1-3-13(12)19)9-21-17-22-14-4-2-11(8-15(14)23-17)16-20-5-6-24-16/h1-8H,9H2,(H2,21,22,23). The van der Waals surface area contributed by atoms with E-state index in [1.54, 1.807) is 29.7 Å². The number of benzene rings is 2. The minimum Gasteiger partial charge on any atom is -0.352 e. The summed E-state index contributed by atoms with van der Waals surface area (Å²) < 4.78 is 13.2. The number of thiazole rings is 1. The molecular formula is C17H12ClFN4S. The summed E-state index contributed by atoms with van der Waals surface area (Å²) in [5.74, 6) is 0.237. The molecule has 2 heterocycles. The van der Waals surface area contributed by atoms with Gasteiger partial charge in [0.15, 0.2) is 0 Å². The number of rotatable bonds is 4. The first-order valence-corrected chi connectivity index (χ1v) is 8.52. The fourth-order valence-corrected chi connectivity index (χ4v) is 3.27. The maximum absolute atomic E-state index is 13.2. The first-order valence-electron chi connectivity index (χ1n) is 7.26. The van der Waals surface area contributed by atoms with Crippen molar-refractivity contribution in [3.8, 4) is 10.6 Å². The van der Waals surface area contributed by atoms with Gasteiger partial charge in [-0.05, 0) is 35.9 Å². The predicted octanol–water partition coefficient (Wildman–Crippen LogP) is 5.09. The van der Waals surface area contributed by atoms with E-state index in [1.165, 1.54) is 6.07 Å². The highest BCUT2D eigenvalue weighted by Crippen LogP contribution is 2.26. The zero-order chi connectivity index (χ0) is 16.5. The molecule has 0 amide bonds. The highest BCUT2D eigenvalue weighted by Gasteiger charge is 2.07. The van der Waals surface area contributed by atoms with Gasteiger partial charge in [-0.15, -0.1) is 11.3 Å². The molecule has 0 aliphatic heterocycles. The lowest BCUT2D eigenvalue weighted by Crippen LogP contribution is -2.01. The Morgan fingerprint density at radius 1 is 1.21 bits per heavy atom. The number of nitrogens with zero attached hydrogens (tertiary/aromatic N) is 2. The zero-order valence-corrected chi connectivity index (χ0v) is 14.0. The smallest absolute Gasteiger partial charge is 0.201 e. The lowest BCUT2D eigenvalue weighted by molar-refractivity contribution is 0.627. The van der Waals surface area contributed by atoms with Crippen LogP contribution < -0.4 is 5.32 Å².